The summed E-state index contributed by atoms with van der Waals surface area (Å²) >= 11 is 6.35. The normalized spacial score (nSPS) is 11.7. The van der Waals surface area contributed by atoms with Crippen LogP contribution in [-0.2, 0) is 32.6 Å². The highest BCUT2D eigenvalue weighted by Crippen LogP contribution is 2.37. The molecule has 0 fully saturated rings. The second kappa shape index (κ2) is 15.5. The molecular formula is C34H36ClN3O7S. The van der Waals surface area contributed by atoms with Gasteiger partial charge in [-0.25, -0.2) is 8.42 Å². The number of sulfonamides is 1. The van der Waals surface area contributed by atoms with Gasteiger partial charge < -0.3 is 24.4 Å². The molecule has 0 aliphatic carbocycles. The number of hydrogen-bond donors (Lipinski definition) is 1. The molecule has 0 aliphatic heterocycles. The van der Waals surface area contributed by atoms with Crippen molar-refractivity contribution in [1.29, 1.82) is 0 Å². The minimum absolute atomic E-state index is 0.0392. The average molecular weight is 666 g/mol. The lowest BCUT2D eigenvalue weighted by molar-refractivity contribution is -0.139. The second-order valence-corrected chi connectivity index (χ2v) is 12.5. The molecule has 1 atom stereocenters. The number of benzene rings is 4. The van der Waals surface area contributed by atoms with Gasteiger partial charge in [-0.05, 0) is 41.5 Å². The Bertz CT molecular complexity index is 1760. The number of methoxy groups -OCH3 is 3. The monoisotopic (exact) mass is 665 g/mol. The number of likely N-dealkylation sites (N-methyl/N-ethyl adjacent to an activating group) is 1. The fourth-order valence-electron chi connectivity index (χ4n) is 4.98. The third-order valence-corrected chi connectivity index (χ3v) is 9.34. The Labute approximate surface area is 274 Å². The molecule has 4 aromatic rings. The first-order valence-corrected chi connectivity index (χ1v) is 16.1. The van der Waals surface area contributed by atoms with E-state index in [1.165, 1.54) is 63.6 Å². The van der Waals surface area contributed by atoms with Crippen LogP contribution >= 0.6 is 11.6 Å². The SMILES string of the molecule is CNC(=O)C(Cc1ccccc1)N(Cc1ccccc1)C(=O)CN(c1cc(Cl)ccc1OC)S(=O)(=O)c1ccc(OC)c(OC)c1. The van der Waals surface area contributed by atoms with Gasteiger partial charge in [0.15, 0.2) is 11.5 Å². The van der Waals surface area contributed by atoms with Crippen molar-refractivity contribution in [2.75, 3.05) is 39.2 Å². The van der Waals surface area contributed by atoms with E-state index < -0.39 is 34.4 Å². The number of hydrogen-bond acceptors (Lipinski definition) is 7. The third kappa shape index (κ3) is 7.91. The van der Waals surface area contributed by atoms with Crippen molar-refractivity contribution in [1.82, 2.24) is 10.2 Å². The molecule has 0 heterocycles. The summed E-state index contributed by atoms with van der Waals surface area (Å²) in [6.45, 7) is -0.635. The molecular weight excluding hydrogens is 630 g/mol. The molecule has 0 radical (unpaired) electrons. The molecule has 0 spiro atoms. The second-order valence-electron chi connectivity index (χ2n) is 10.2. The van der Waals surface area contributed by atoms with Gasteiger partial charge >= 0.3 is 0 Å². The first-order chi connectivity index (χ1) is 22.1. The largest absolute Gasteiger partial charge is 0.495 e. The van der Waals surface area contributed by atoms with Crippen LogP contribution in [0.2, 0.25) is 5.02 Å². The molecule has 10 nitrogen and oxygen atoms in total. The average Bonchev–Trinajstić information content (AvgIpc) is 3.08. The van der Waals surface area contributed by atoms with Crippen molar-refractivity contribution < 1.29 is 32.2 Å². The van der Waals surface area contributed by atoms with Crippen molar-refractivity contribution in [3.8, 4) is 17.2 Å². The highest BCUT2D eigenvalue weighted by Gasteiger charge is 2.35. The highest BCUT2D eigenvalue weighted by atomic mass is 35.5. The minimum atomic E-state index is -4.46. The number of carbonyl (C=O) groups excluding carboxylic acids is 2. The maximum absolute atomic E-state index is 14.5. The predicted molar refractivity (Wildman–Crippen MR) is 177 cm³/mol. The topological polar surface area (TPSA) is 114 Å². The zero-order valence-electron chi connectivity index (χ0n) is 26.0. The molecule has 0 saturated carbocycles. The van der Waals surface area contributed by atoms with Gasteiger partial charge in [0, 0.05) is 31.1 Å². The molecule has 1 N–H and O–H groups in total. The summed E-state index contributed by atoms with van der Waals surface area (Å²) < 4.78 is 46.0. The summed E-state index contributed by atoms with van der Waals surface area (Å²) in [6.07, 6.45) is 0.196. The molecule has 12 heteroatoms. The standard InChI is InChI=1S/C34H36ClN3O7S/c1-36-34(40)29(19-24-11-7-5-8-12-24)37(22-25-13-9-6-10-14-25)33(39)23-38(28-20-26(35)15-17-30(28)43-2)46(41,42)27-16-18-31(44-3)32(21-27)45-4/h5-18,20-21,29H,19,22-23H2,1-4H3,(H,36,40). The van der Waals surface area contributed by atoms with Gasteiger partial charge in [0.2, 0.25) is 11.8 Å². The van der Waals surface area contributed by atoms with E-state index in [9.17, 15) is 18.0 Å². The number of nitrogens with zero attached hydrogens (tertiary/aromatic N) is 2. The van der Waals surface area contributed by atoms with E-state index in [2.05, 4.69) is 5.32 Å². The zero-order valence-corrected chi connectivity index (χ0v) is 27.5. The van der Waals surface area contributed by atoms with E-state index in [1.54, 1.807) is 6.07 Å². The smallest absolute Gasteiger partial charge is 0.265 e. The lowest BCUT2D eigenvalue weighted by Gasteiger charge is -2.34. The number of nitrogens with one attached hydrogen (secondary N) is 1. The van der Waals surface area contributed by atoms with E-state index in [1.807, 2.05) is 60.7 Å². The molecule has 4 rings (SSSR count). The fourth-order valence-corrected chi connectivity index (χ4v) is 6.58. The quantitative estimate of drug-likeness (QED) is 0.203. The van der Waals surface area contributed by atoms with Crippen LogP contribution < -0.4 is 23.8 Å². The molecule has 0 aromatic heterocycles. The van der Waals surface area contributed by atoms with Gasteiger partial charge in [-0.2, -0.15) is 0 Å². The van der Waals surface area contributed by atoms with Crippen LogP contribution in [-0.4, -0.2) is 66.1 Å². The Balaban J connectivity index is 1.85. The Morgan fingerprint density at radius 3 is 1.96 bits per heavy atom. The van der Waals surface area contributed by atoms with Crippen molar-refractivity contribution in [2.45, 2.75) is 23.9 Å². The van der Waals surface area contributed by atoms with Crippen LogP contribution in [0.5, 0.6) is 17.2 Å². The third-order valence-electron chi connectivity index (χ3n) is 7.34. The summed E-state index contributed by atoms with van der Waals surface area (Å²) in [5, 5.41) is 2.89. The number of amides is 2. The van der Waals surface area contributed by atoms with Crippen LogP contribution in [0, 0.1) is 0 Å². The van der Waals surface area contributed by atoms with Gasteiger partial charge in [0.25, 0.3) is 10.0 Å². The summed E-state index contributed by atoms with van der Waals surface area (Å²) in [5.74, 6) is -0.348. The summed E-state index contributed by atoms with van der Waals surface area (Å²) in [6, 6.07) is 26.1. The van der Waals surface area contributed by atoms with Gasteiger partial charge in [-0.3, -0.25) is 13.9 Å². The Morgan fingerprint density at radius 2 is 1.37 bits per heavy atom. The van der Waals surface area contributed by atoms with Gasteiger partial charge in [0.1, 0.15) is 18.3 Å². The highest BCUT2D eigenvalue weighted by molar-refractivity contribution is 7.92. The molecule has 242 valence electrons. The maximum atomic E-state index is 14.5. The van der Waals surface area contributed by atoms with Crippen molar-refractivity contribution in [2.24, 2.45) is 0 Å². The number of rotatable bonds is 14. The fraction of sp³-hybridized carbons (Fsp3) is 0.235. The van der Waals surface area contributed by atoms with Crippen molar-refractivity contribution in [3.63, 3.8) is 0 Å². The minimum Gasteiger partial charge on any atom is -0.495 e. The van der Waals surface area contributed by atoms with E-state index in [0.717, 1.165) is 15.4 Å². The zero-order chi connectivity index (χ0) is 33.3. The molecule has 1 unspecified atom stereocenters. The van der Waals surface area contributed by atoms with Gasteiger partial charge in [-0.15, -0.1) is 0 Å². The van der Waals surface area contributed by atoms with Crippen LogP contribution in [0.25, 0.3) is 0 Å². The number of halogens is 1. The first-order valence-electron chi connectivity index (χ1n) is 14.3. The Kier molecular flexibility index (Phi) is 11.5. The van der Waals surface area contributed by atoms with E-state index in [-0.39, 0.29) is 40.1 Å². The summed E-state index contributed by atoms with van der Waals surface area (Å²) in [7, 11) is 1.25. The van der Waals surface area contributed by atoms with Crippen LogP contribution in [0.3, 0.4) is 0 Å². The molecule has 4 aromatic carbocycles. The van der Waals surface area contributed by atoms with Crippen LogP contribution in [0.1, 0.15) is 11.1 Å². The van der Waals surface area contributed by atoms with Crippen molar-refractivity contribution >= 4 is 39.1 Å². The van der Waals surface area contributed by atoms with Crippen LogP contribution in [0.4, 0.5) is 5.69 Å². The van der Waals surface area contributed by atoms with Gasteiger partial charge in [-0.1, -0.05) is 72.3 Å². The van der Waals surface area contributed by atoms with E-state index in [4.69, 9.17) is 25.8 Å². The number of ether oxygens (including phenoxy) is 3. The van der Waals surface area contributed by atoms with Crippen LogP contribution in [0.15, 0.2) is 102 Å². The molecule has 0 bridgehead atoms. The predicted octanol–water partition coefficient (Wildman–Crippen LogP) is 4.95. The lowest BCUT2D eigenvalue weighted by Crippen LogP contribution is -2.53. The van der Waals surface area contributed by atoms with Gasteiger partial charge in [0.05, 0.1) is 31.9 Å². The lowest BCUT2D eigenvalue weighted by atomic mass is 10.0. The molecule has 46 heavy (non-hydrogen) atoms. The Hall–Kier alpha value is -4.74. The summed E-state index contributed by atoms with van der Waals surface area (Å²) in [5.41, 5.74) is 1.62. The molecule has 2 amide bonds. The Morgan fingerprint density at radius 1 is 0.783 bits per heavy atom. The van der Waals surface area contributed by atoms with E-state index >= 15 is 0 Å². The maximum Gasteiger partial charge on any atom is 0.265 e. The first kappa shape index (κ1) is 34.1. The van der Waals surface area contributed by atoms with E-state index in [0.29, 0.717) is 5.75 Å². The number of carbonyl (C=O) groups is 2. The number of anilines is 1. The molecule has 0 aliphatic rings. The molecule has 0 saturated heterocycles. The summed E-state index contributed by atoms with van der Waals surface area (Å²) in [4.78, 5) is 29.1. The van der Waals surface area contributed by atoms with Crippen molar-refractivity contribution in [3.05, 3.63) is 113 Å².